The molecule has 0 saturated heterocycles. The van der Waals surface area contributed by atoms with Gasteiger partial charge in [0, 0.05) is 42.6 Å². The third-order valence-corrected chi connectivity index (χ3v) is 5.77. The Labute approximate surface area is 206 Å². The number of benzene rings is 2. The quantitative estimate of drug-likeness (QED) is 0.412. The van der Waals surface area contributed by atoms with Crippen molar-refractivity contribution >= 4 is 40.5 Å². The number of nitriles is 1. The highest BCUT2D eigenvalue weighted by Crippen LogP contribution is 2.45. The van der Waals surface area contributed by atoms with Crippen LogP contribution in [0, 0.1) is 23.0 Å². The lowest BCUT2D eigenvalue weighted by Gasteiger charge is -2.29. The van der Waals surface area contributed by atoms with E-state index in [1.165, 1.54) is 17.2 Å². The van der Waals surface area contributed by atoms with Gasteiger partial charge >= 0.3 is 6.03 Å². The molecule has 35 heavy (non-hydrogen) atoms. The first-order valence-corrected chi connectivity index (χ1v) is 11.5. The van der Waals surface area contributed by atoms with Crippen molar-refractivity contribution in [2.45, 2.75) is 13.3 Å². The molecule has 0 bridgehead atoms. The molecule has 0 aliphatic carbocycles. The number of nitrogens with zero attached hydrogens (tertiary/aromatic N) is 4. The van der Waals surface area contributed by atoms with Gasteiger partial charge in [0.05, 0.1) is 22.3 Å². The summed E-state index contributed by atoms with van der Waals surface area (Å²) in [6, 6.07) is 9.91. The first kappa shape index (κ1) is 24.4. The number of halogens is 3. The van der Waals surface area contributed by atoms with Crippen molar-refractivity contribution in [2.75, 3.05) is 41.8 Å². The van der Waals surface area contributed by atoms with Crippen molar-refractivity contribution in [1.29, 1.82) is 5.26 Å². The molecule has 0 radical (unpaired) electrons. The van der Waals surface area contributed by atoms with Crippen LogP contribution in [0.25, 0.3) is 11.1 Å². The van der Waals surface area contributed by atoms with Crippen LogP contribution in [0.4, 0.5) is 36.5 Å². The molecule has 1 aliphatic heterocycles. The standard InChI is InChI=1S/C25H23ClF2N6O/c1-3-8-33-24-19(10-16(26)14-32-24)18-5-4-15(13-29)9-22(18)34(25(33)35)23-20(27)11-17(12-21(23)28)31-7-6-30-2/h4-5,9-12,14,30-31H,3,6-8H2,1-2H3. The van der Waals surface area contributed by atoms with Crippen molar-refractivity contribution < 1.29 is 13.6 Å². The van der Waals surface area contributed by atoms with Gasteiger partial charge in [-0.3, -0.25) is 9.80 Å². The number of anilines is 4. The van der Waals surface area contributed by atoms with Crippen LogP contribution >= 0.6 is 11.6 Å². The van der Waals surface area contributed by atoms with Gasteiger partial charge in [-0.05, 0) is 43.8 Å². The Morgan fingerprint density at radius 2 is 1.86 bits per heavy atom. The van der Waals surface area contributed by atoms with Crippen molar-refractivity contribution in [3.05, 3.63) is 64.8 Å². The van der Waals surface area contributed by atoms with Crippen LogP contribution in [0.1, 0.15) is 18.9 Å². The van der Waals surface area contributed by atoms with Crippen molar-refractivity contribution in [2.24, 2.45) is 0 Å². The Bertz CT molecular complexity index is 1300. The summed E-state index contributed by atoms with van der Waals surface area (Å²) in [7, 11) is 1.77. The molecule has 2 amide bonds. The number of pyridine rings is 1. The van der Waals surface area contributed by atoms with Crippen LogP contribution in [0.15, 0.2) is 42.6 Å². The largest absolute Gasteiger partial charge is 0.384 e. The highest BCUT2D eigenvalue weighted by molar-refractivity contribution is 6.31. The van der Waals surface area contributed by atoms with Crippen LogP contribution in [0.5, 0.6) is 0 Å². The van der Waals surface area contributed by atoms with Crippen LogP contribution in [-0.4, -0.2) is 37.7 Å². The maximum atomic E-state index is 15.5. The molecule has 4 rings (SSSR count). The molecule has 1 aliphatic rings. The van der Waals surface area contributed by atoms with Gasteiger partial charge in [0.2, 0.25) is 0 Å². The highest BCUT2D eigenvalue weighted by Gasteiger charge is 2.36. The summed E-state index contributed by atoms with van der Waals surface area (Å²) in [5, 5.41) is 15.7. The summed E-state index contributed by atoms with van der Waals surface area (Å²) >= 11 is 6.23. The molecule has 3 aromatic rings. The Morgan fingerprint density at radius 3 is 2.51 bits per heavy atom. The number of urea groups is 1. The topological polar surface area (TPSA) is 84.3 Å². The van der Waals surface area contributed by atoms with Crippen molar-refractivity contribution in [1.82, 2.24) is 10.3 Å². The first-order valence-electron chi connectivity index (χ1n) is 11.1. The minimum absolute atomic E-state index is 0.159. The van der Waals surface area contributed by atoms with Gasteiger partial charge in [-0.2, -0.15) is 5.26 Å². The zero-order chi connectivity index (χ0) is 25.1. The van der Waals surface area contributed by atoms with Gasteiger partial charge in [-0.1, -0.05) is 24.6 Å². The summed E-state index contributed by atoms with van der Waals surface area (Å²) in [4.78, 5) is 20.6. The molecule has 180 valence electrons. The lowest BCUT2D eigenvalue weighted by Crippen LogP contribution is -2.42. The zero-order valence-corrected chi connectivity index (χ0v) is 20.0. The van der Waals surface area contributed by atoms with E-state index < -0.39 is 23.4 Å². The Hall–Kier alpha value is -3.74. The monoisotopic (exact) mass is 496 g/mol. The number of carbonyl (C=O) groups is 1. The van der Waals surface area contributed by atoms with Crippen LogP contribution in [0.3, 0.4) is 0 Å². The summed E-state index contributed by atoms with van der Waals surface area (Å²) in [5.74, 6) is -1.53. The summed E-state index contributed by atoms with van der Waals surface area (Å²) < 4.78 is 31.0. The second-order valence-electron chi connectivity index (χ2n) is 7.96. The van der Waals surface area contributed by atoms with E-state index in [4.69, 9.17) is 11.6 Å². The number of likely N-dealkylation sites (N-methyl/N-ethyl adjacent to an activating group) is 1. The maximum Gasteiger partial charge on any atom is 0.334 e. The fraction of sp³-hybridized carbons (Fsp3) is 0.240. The SMILES string of the molecule is CCCN1C(=O)N(c2c(F)cc(NCCNC)cc2F)c2cc(C#N)ccc2-c2cc(Cl)cnc21. The van der Waals surface area contributed by atoms with E-state index in [-0.39, 0.29) is 23.5 Å². The van der Waals surface area contributed by atoms with E-state index in [0.717, 1.165) is 17.0 Å². The van der Waals surface area contributed by atoms with Gasteiger partial charge in [0.15, 0.2) is 11.6 Å². The fourth-order valence-corrected chi connectivity index (χ4v) is 4.19. The second-order valence-corrected chi connectivity index (χ2v) is 8.39. The molecule has 2 heterocycles. The zero-order valence-electron chi connectivity index (χ0n) is 19.2. The van der Waals surface area contributed by atoms with Crippen LogP contribution < -0.4 is 20.4 Å². The lowest BCUT2D eigenvalue weighted by molar-refractivity contribution is 0.253. The minimum Gasteiger partial charge on any atom is -0.384 e. The van der Waals surface area contributed by atoms with E-state index in [9.17, 15) is 10.1 Å². The highest BCUT2D eigenvalue weighted by atomic mass is 35.5. The number of aromatic nitrogens is 1. The first-order chi connectivity index (χ1) is 16.9. The molecule has 0 atom stereocenters. The number of nitrogens with one attached hydrogen (secondary N) is 2. The van der Waals surface area contributed by atoms with Crippen LogP contribution in [0.2, 0.25) is 5.02 Å². The average Bonchev–Trinajstić information content (AvgIpc) is 2.92. The van der Waals surface area contributed by atoms with E-state index in [1.54, 1.807) is 25.2 Å². The van der Waals surface area contributed by atoms with E-state index >= 15 is 8.78 Å². The van der Waals surface area contributed by atoms with Gasteiger partial charge in [0.25, 0.3) is 0 Å². The van der Waals surface area contributed by atoms with Crippen molar-refractivity contribution in [3.63, 3.8) is 0 Å². The smallest absolute Gasteiger partial charge is 0.334 e. The second kappa shape index (κ2) is 10.3. The van der Waals surface area contributed by atoms with E-state index in [0.29, 0.717) is 41.5 Å². The summed E-state index contributed by atoms with van der Waals surface area (Å²) in [6.45, 7) is 3.19. The number of hydrogen-bond acceptors (Lipinski definition) is 5. The number of fused-ring (bicyclic) bond motifs is 3. The molecule has 0 spiro atoms. The molecule has 10 heteroatoms. The predicted molar refractivity (Wildman–Crippen MR) is 133 cm³/mol. The van der Waals surface area contributed by atoms with E-state index in [1.807, 2.05) is 13.0 Å². The number of rotatable bonds is 7. The summed E-state index contributed by atoms with van der Waals surface area (Å²) in [6.07, 6.45) is 1.99. The molecule has 0 unspecified atom stereocenters. The fourth-order valence-electron chi connectivity index (χ4n) is 4.03. The summed E-state index contributed by atoms with van der Waals surface area (Å²) in [5.41, 5.74) is 1.09. The predicted octanol–water partition coefficient (Wildman–Crippen LogP) is 5.67. The van der Waals surface area contributed by atoms with Crippen LogP contribution in [-0.2, 0) is 0 Å². The minimum atomic E-state index is -0.924. The van der Waals surface area contributed by atoms with Gasteiger partial charge in [-0.25, -0.2) is 18.6 Å². The number of amides is 2. The Kier molecular flexibility index (Phi) is 7.15. The molecular weight excluding hydrogens is 474 g/mol. The maximum absolute atomic E-state index is 15.5. The average molecular weight is 497 g/mol. The molecular formula is C25H23ClF2N6O. The normalized spacial score (nSPS) is 12.6. The molecule has 0 fully saturated rings. The third-order valence-electron chi connectivity index (χ3n) is 5.56. The number of hydrogen-bond donors (Lipinski definition) is 2. The van der Waals surface area contributed by atoms with Gasteiger partial charge in [-0.15, -0.1) is 0 Å². The molecule has 7 nitrogen and oxygen atoms in total. The number of carbonyl (C=O) groups excluding carboxylic acids is 1. The van der Waals surface area contributed by atoms with E-state index in [2.05, 4.69) is 15.6 Å². The Balaban J connectivity index is 1.96. The molecule has 2 aromatic carbocycles. The van der Waals surface area contributed by atoms with Gasteiger partial charge in [0.1, 0.15) is 11.5 Å². The van der Waals surface area contributed by atoms with Gasteiger partial charge < -0.3 is 10.6 Å². The molecule has 1 aromatic heterocycles. The van der Waals surface area contributed by atoms with Crippen molar-refractivity contribution in [3.8, 4) is 17.2 Å². The third kappa shape index (κ3) is 4.63. The lowest BCUT2D eigenvalue weighted by atomic mass is 10.0. The molecule has 0 saturated carbocycles. The molecule has 2 N–H and O–H groups in total. The Morgan fingerprint density at radius 1 is 1.11 bits per heavy atom.